The van der Waals surface area contributed by atoms with Crippen LogP contribution in [-0.4, -0.2) is 46.7 Å². The average Bonchev–Trinajstić information content (AvgIpc) is 3.17. The average molecular weight is 480 g/mol. The van der Waals surface area contributed by atoms with Crippen LogP contribution in [0.25, 0.3) is 0 Å². The summed E-state index contributed by atoms with van der Waals surface area (Å²) in [4.78, 5) is 40.9. The van der Waals surface area contributed by atoms with Gasteiger partial charge in [-0.2, -0.15) is 0 Å². The molecule has 2 saturated heterocycles. The summed E-state index contributed by atoms with van der Waals surface area (Å²) in [6.45, 7) is 3.95. The van der Waals surface area contributed by atoms with Crippen molar-refractivity contribution in [1.29, 1.82) is 0 Å². The molecular formula is C26H30N3O4P. The molecule has 0 aromatic heterocycles. The number of nitrogens with zero attached hydrogens (tertiary/aromatic N) is 2. The van der Waals surface area contributed by atoms with E-state index in [-0.39, 0.29) is 18.2 Å². The second-order valence-corrected chi connectivity index (χ2v) is 9.87. The fourth-order valence-corrected chi connectivity index (χ4v) is 5.50. The predicted octanol–water partition coefficient (Wildman–Crippen LogP) is 2.51. The third-order valence-corrected chi connectivity index (χ3v) is 7.79. The monoisotopic (exact) mass is 479 g/mol. The Bertz CT molecular complexity index is 1130. The van der Waals surface area contributed by atoms with E-state index in [1.165, 1.54) is 30.1 Å². The fourth-order valence-electron chi connectivity index (χ4n) is 5.14. The summed E-state index contributed by atoms with van der Waals surface area (Å²) < 4.78 is 6.23. The Morgan fingerprint density at radius 2 is 1.76 bits per heavy atom. The molecule has 3 aliphatic rings. The molecule has 0 radical (unpaired) electrons. The number of ether oxygens (including phenoxy) is 1. The molecule has 34 heavy (non-hydrogen) atoms. The molecule has 3 heterocycles. The van der Waals surface area contributed by atoms with Gasteiger partial charge in [0.05, 0.1) is 6.54 Å². The summed E-state index contributed by atoms with van der Waals surface area (Å²) in [6, 6.07) is 11.2. The molecule has 5 rings (SSSR count). The second kappa shape index (κ2) is 9.85. The van der Waals surface area contributed by atoms with Gasteiger partial charge in [0.15, 0.2) is 0 Å². The Hall–Kier alpha value is -2.76. The van der Waals surface area contributed by atoms with Crippen LogP contribution in [0.4, 0.5) is 0 Å². The highest BCUT2D eigenvalue weighted by Gasteiger charge is 2.40. The van der Waals surface area contributed by atoms with Crippen molar-refractivity contribution in [1.82, 2.24) is 15.1 Å². The molecule has 1 N–H and O–H groups in total. The number of imide groups is 1. The largest absolute Gasteiger partial charge is 0.489 e. The van der Waals surface area contributed by atoms with Crippen LogP contribution in [0.2, 0.25) is 0 Å². The number of fused-ring (bicyclic) bond motifs is 1. The summed E-state index contributed by atoms with van der Waals surface area (Å²) in [5.41, 5.74) is 3.76. The van der Waals surface area contributed by atoms with Crippen molar-refractivity contribution in [3.8, 4) is 5.75 Å². The van der Waals surface area contributed by atoms with Gasteiger partial charge in [-0.25, -0.2) is 0 Å². The minimum atomic E-state index is -0.629. The molecule has 2 atom stereocenters. The molecular weight excluding hydrogens is 449 g/mol. The number of nitrogens with one attached hydrogen (secondary N) is 1. The highest BCUT2D eigenvalue weighted by atomic mass is 31.0. The van der Waals surface area contributed by atoms with Gasteiger partial charge in [0.1, 0.15) is 18.4 Å². The lowest BCUT2D eigenvalue weighted by Gasteiger charge is -2.29. The number of hydrogen-bond acceptors (Lipinski definition) is 5. The highest BCUT2D eigenvalue weighted by Crippen LogP contribution is 2.34. The molecule has 0 aliphatic carbocycles. The third-order valence-electron chi connectivity index (χ3n) is 7.05. The standard InChI is InChI=1S/C26H30N3O4P/c30-23-11-10-21(25(31)27-23)29-15-20-19(26(29)32)8-5-9-22(20)33-16-18-7-4-6-17(24(18)34)14-28-12-2-1-3-13-28/h4-9,21H,1-3,10-16,34H2,(H,27,30,31). The lowest BCUT2D eigenvalue weighted by Crippen LogP contribution is -2.52. The normalized spacial score (nSPS) is 20.9. The maximum Gasteiger partial charge on any atom is 0.255 e. The van der Waals surface area contributed by atoms with E-state index in [0.717, 1.165) is 30.8 Å². The summed E-state index contributed by atoms with van der Waals surface area (Å²) in [6.07, 6.45) is 4.44. The van der Waals surface area contributed by atoms with Gasteiger partial charge in [-0.05, 0) is 60.9 Å². The van der Waals surface area contributed by atoms with Crippen molar-refractivity contribution in [2.45, 2.75) is 57.8 Å². The lowest BCUT2D eigenvalue weighted by atomic mass is 10.0. The van der Waals surface area contributed by atoms with Crippen LogP contribution in [-0.2, 0) is 29.3 Å². The number of hydrogen-bond donors (Lipinski definition) is 1. The van der Waals surface area contributed by atoms with Gasteiger partial charge in [-0.1, -0.05) is 30.7 Å². The first-order chi connectivity index (χ1) is 16.5. The molecule has 2 unspecified atom stereocenters. The molecule has 3 aliphatic heterocycles. The van der Waals surface area contributed by atoms with Crippen LogP contribution in [0.1, 0.15) is 59.2 Å². The molecule has 7 nitrogen and oxygen atoms in total. The number of carbonyl (C=O) groups excluding carboxylic acids is 3. The zero-order valence-electron chi connectivity index (χ0n) is 19.2. The van der Waals surface area contributed by atoms with E-state index in [2.05, 4.69) is 37.7 Å². The minimum absolute atomic E-state index is 0.190. The SMILES string of the molecule is O=C1CCC(N2Cc3c(OCc4cccc(CN5CCCCC5)c4P)cccc3C2=O)C(=O)N1. The number of likely N-dealkylation sites (tertiary alicyclic amines) is 1. The summed E-state index contributed by atoms with van der Waals surface area (Å²) >= 11 is 0. The van der Waals surface area contributed by atoms with Gasteiger partial charge in [0.25, 0.3) is 5.91 Å². The first kappa shape index (κ1) is 23.0. The van der Waals surface area contributed by atoms with Crippen LogP contribution in [0, 0.1) is 0 Å². The Labute approximate surface area is 202 Å². The van der Waals surface area contributed by atoms with Crippen LogP contribution in [0.5, 0.6) is 5.75 Å². The van der Waals surface area contributed by atoms with E-state index in [1.807, 2.05) is 12.1 Å². The number of amides is 3. The molecule has 178 valence electrons. The zero-order valence-corrected chi connectivity index (χ0v) is 20.4. The van der Waals surface area contributed by atoms with Crippen LogP contribution < -0.4 is 15.4 Å². The van der Waals surface area contributed by atoms with E-state index < -0.39 is 11.9 Å². The van der Waals surface area contributed by atoms with Gasteiger partial charge in [0, 0.05) is 24.1 Å². The zero-order chi connectivity index (χ0) is 23.7. The molecule has 0 saturated carbocycles. The van der Waals surface area contributed by atoms with Gasteiger partial charge in [0.2, 0.25) is 11.8 Å². The number of piperidine rings is 2. The fraction of sp³-hybridized carbons (Fsp3) is 0.423. The Balaban J connectivity index is 1.30. The summed E-state index contributed by atoms with van der Waals surface area (Å²) in [5.74, 6) is -0.222. The lowest BCUT2D eigenvalue weighted by molar-refractivity contribution is -0.136. The van der Waals surface area contributed by atoms with Crippen molar-refractivity contribution in [3.63, 3.8) is 0 Å². The van der Waals surface area contributed by atoms with Crippen LogP contribution >= 0.6 is 9.24 Å². The maximum absolute atomic E-state index is 13.0. The van der Waals surface area contributed by atoms with Gasteiger partial charge in [-0.15, -0.1) is 9.24 Å². The predicted molar refractivity (Wildman–Crippen MR) is 132 cm³/mol. The van der Waals surface area contributed by atoms with Gasteiger partial charge < -0.3 is 9.64 Å². The Morgan fingerprint density at radius 3 is 2.56 bits per heavy atom. The molecule has 8 heteroatoms. The van der Waals surface area contributed by atoms with Crippen molar-refractivity contribution in [3.05, 3.63) is 58.7 Å². The minimum Gasteiger partial charge on any atom is -0.489 e. The smallest absolute Gasteiger partial charge is 0.255 e. The first-order valence-electron chi connectivity index (χ1n) is 12.0. The second-order valence-electron chi connectivity index (χ2n) is 9.30. The van der Waals surface area contributed by atoms with E-state index in [9.17, 15) is 14.4 Å². The molecule has 2 aromatic rings. The number of carbonyl (C=O) groups is 3. The number of rotatable bonds is 6. The van der Waals surface area contributed by atoms with Crippen LogP contribution in [0.15, 0.2) is 36.4 Å². The van der Waals surface area contributed by atoms with Crippen molar-refractivity contribution in [2.24, 2.45) is 0 Å². The quantitative estimate of drug-likeness (QED) is 0.509. The Kier molecular flexibility index (Phi) is 6.66. The molecule has 2 aromatic carbocycles. The van der Waals surface area contributed by atoms with Crippen molar-refractivity contribution < 1.29 is 19.1 Å². The molecule has 3 amide bonds. The van der Waals surface area contributed by atoms with E-state index in [1.54, 1.807) is 11.0 Å². The Morgan fingerprint density at radius 1 is 1.00 bits per heavy atom. The van der Waals surface area contributed by atoms with Gasteiger partial charge >= 0.3 is 0 Å². The number of benzene rings is 2. The molecule has 0 bridgehead atoms. The molecule has 2 fully saturated rings. The van der Waals surface area contributed by atoms with E-state index in [0.29, 0.717) is 30.9 Å². The van der Waals surface area contributed by atoms with E-state index in [4.69, 9.17) is 4.74 Å². The highest BCUT2D eigenvalue weighted by molar-refractivity contribution is 7.27. The maximum atomic E-state index is 13.0. The first-order valence-corrected chi connectivity index (χ1v) is 12.6. The van der Waals surface area contributed by atoms with E-state index >= 15 is 0 Å². The molecule has 0 spiro atoms. The van der Waals surface area contributed by atoms with Crippen molar-refractivity contribution >= 4 is 32.3 Å². The van der Waals surface area contributed by atoms with Crippen molar-refractivity contribution in [2.75, 3.05) is 13.1 Å². The summed E-state index contributed by atoms with van der Waals surface area (Å²) in [7, 11) is 2.88. The summed E-state index contributed by atoms with van der Waals surface area (Å²) in [5, 5.41) is 3.52. The topological polar surface area (TPSA) is 79.0 Å². The third kappa shape index (κ3) is 4.59. The van der Waals surface area contributed by atoms with Gasteiger partial charge in [-0.3, -0.25) is 24.6 Å². The van der Waals surface area contributed by atoms with Crippen LogP contribution in [0.3, 0.4) is 0 Å².